The van der Waals surface area contributed by atoms with Gasteiger partial charge in [0.2, 0.25) is 5.43 Å². The number of halogens is 1. The molecule has 3 heterocycles. The van der Waals surface area contributed by atoms with Crippen LogP contribution < -0.4 is 20.8 Å². The second kappa shape index (κ2) is 13.0. The minimum Gasteiger partial charge on any atom is -0.492 e. The van der Waals surface area contributed by atoms with E-state index in [1.54, 1.807) is 9.25 Å². The number of nitrogens with zero attached hydrogens (tertiary/aromatic N) is 7. The number of thiocarbonyl (C=S) groups is 1. The number of aromatic nitrogens is 4. The first-order valence-electron chi connectivity index (χ1n) is 16.5. The number of aryl methyl sites for hydroxylation is 2. The standard InChI is InChI=1S/C35H37FN8O5S/c1-18-4-7-22-23(32(46)28(24(22)12-18)38-35(37)50)8-9-43-16-20(39-40-43)15-41-10-11-42(14-19(41)2)30-27(36)13-25-29(33(30)49-3)44(21-5-6-21)17-26(31(25)45)34(47)48/h4,7,12-13,16-17,19,21,23H,5-6,8-11,14-15H2,1-3H3,(H2,37,50)(H,47,48). The molecule has 4 aromatic rings. The van der Waals surface area contributed by atoms with Crippen molar-refractivity contribution in [1.82, 2.24) is 24.5 Å². The van der Waals surface area contributed by atoms with E-state index in [1.807, 2.05) is 36.2 Å². The third-order valence-corrected chi connectivity index (χ3v) is 9.95. The average Bonchev–Trinajstić information content (AvgIpc) is 3.77. The van der Waals surface area contributed by atoms with Gasteiger partial charge >= 0.3 is 5.97 Å². The number of aliphatic imine (C=N–C) groups is 1. The number of carboxylic acid groups (broad SMARTS) is 1. The Morgan fingerprint density at radius 3 is 2.66 bits per heavy atom. The minimum atomic E-state index is -1.35. The number of Topliss-reactive ketones (excluding diaryl/α,β-unsaturated/α-hetero) is 1. The summed E-state index contributed by atoms with van der Waals surface area (Å²) < 4.78 is 25.2. The molecule has 1 aliphatic heterocycles. The van der Waals surface area contributed by atoms with Crippen LogP contribution in [0.1, 0.15) is 70.9 Å². The van der Waals surface area contributed by atoms with Crippen molar-refractivity contribution >= 4 is 51.4 Å². The lowest BCUT2D eigenvalue weighted by atomic mass is 9.96. The first-order chi connectivity index (χ1) is 23.9. The Kier molecular flexibility index (Phi) is 8.72. The van der Waals surface area contributed by atoms with E-state index in [0.29, 0.717) is 50.4 Å². The molecule has 0 bridgehead atoms. The number of benzene rings is 2. The number of ketones is 1. The van der Waals surface area contributed by atoms with E-state index in [1.165, 1.54) is 13.3 Å². The van der Waals surface area contributed by atoms with Gasteiger partial charge in [0.1, 0.15) is 17.0 Å². The molecule has 3 N–H and O–H groups in total. The Morgan fingerprint density at radius 2 is 1.98 bits per heavy atom. The van der Waals surface area contributed by atoms with Gasteiger partial charge in [0.15, 0.2) is 22.5 Å². The lowest BCUT2D eigenvalue weighted by Crippen LogP contribution is -2.51. The topological polar surface area (TPSA) is 161 Å². The number of hydrogen-bond donors (Lipinski definition) is 2. The summed E-state index contributed by atoms with van der Waals surface area (Å²) in [6.07, 6.45) is 5.41. The van der Waals surface area contributed by atoms with Crippen LogP contribution in [0.25, 0.3) is 10.9 Å². The summed E-state index contributed by atoms with van der Waals surface area (Å²) in [5.41, 5.74) is 8.97. The number of rotatable bonds is 9. The monoisotopic (exact) mass is 700 g/mol. The van der Waals surface area contributed by atoms with Crippen LogP contribution in [0.4, 0.5) is 10.1 Å². The highest BCUT2D eigenvalue weighted by Gasteiger charge is 2.37. The number of fused-ring (bicyclic) bond motifs is 2. The van der Waals surface area contributed by atoms with Crippen LogP contribution in [0, 0.1) is 12.7 Å². The van der Waals surface area contributed by atoms with Gasteiger partial charge in [-0.25, -0.2) is 14.2 Å². The van der Waals surface area contributed by atoms with Gasteiger partial charge in [0.05, 0.1) is 29.6 Å². The van der Waals surface area contributed by atoms with Crippen molar-refractivity contribution < 1.29 is 23.8 Å². The fourth-order valence-corrected chi connectivity index (χ4v) is 7.37. The summed E-state index contributed by atoms with van der Waals surface area (Å²) in [6, 6.07) is 7.04. The molecule has 50 heavy (non-hydrogen) atoms. The van der Waals surface area contributed by atoms with Crippen molar-refractivity contribution in [2.45, 2.75) is 64.2 Å². The Labute approximate surface area is 292 Å². The van der Waals surface area contributed by atoms with Crippen LogP contribution in [-0.4, -0.2) is 84.9 Å². The van der Waals surface area contributed by atoms with Gasteiger partial charge in [-0.1, -0.05) is 22.9 Å². The third-order valence-electron chi connectivity index (χ3n) is 9.86. The number of hydrogen-bond acceptors (Lipinski definition) is 9. The molecule has 2 aliphatic carbocycles. The summed E-state index contributed by atoms with van der Waals surface area (Å²) in [5, 5.41) is 18.3. The Bertz CT molecular complexity index is 2160. The Hall–Kier alpha value is -5.02. The number of carbonyl (C=O) groups excluding carboxylic acids is 1. The largest absolute Gasteiger partial charge is 0.492 e. The van der Waals surface area contributed by atoms with Crippen LogP contribution in [0.2, 0.25) is 0 Å². The van der Waals surface area contributed by atoms with Crippen molar-refractivity contribution in [2.75, 3.05) is 31.6 Å². The Morgan fingerprint density at radius 1 is 1.20 bits per heavy atom. The number of aromatic carboxylic acids is 1. The molecule has 3 aliphatic rings. The van der Waals surface area contributed by atoms with Crippen LogP contribution in [0.5, 0.6) is 5.75 Å². The molecule has 0 amide bonds. The summed E-state index contributed by atoms with van der Waals surface area (Å²) in [5.74, 6) is -2.24. The predicted molar refractivity (Wildman–Crippen MR) is 189 cm³/mol. The number of carboxylic acids is 1. The lowest BCUT2D eigenvalue weighted by Gasteiger charge is -2.41. The fraction of sp³-hybridized carbons (Fsp3) is 0.400. The third kappa shape index (κ3) is 6.04. The molecule has 0 radical (unpaired) electrons. The molecule has 2 fully saturated rings. The molecule has 7 rings (SSSR count). The smallest absolute Gasteiger partial charge is 0.341 e. The number of anilines is 1. The number of pyridine rings is 1. The van der Waals surface area contributed by atoms with E-state index in [0.717, 1.165) is 41.3 Å². The van der Waals surface area contributed by atoms with Crippen molar-refractivity contribution in [1.29, 1.82) is 0 Å². The highest BCUT2D eigenvalue weighted by atomic mass is 32.1. The van der Waals surface area contributed by atoms with Gasteiger partial charge in [-0.15, -0.1) is 5.10 Å². The molecular formula is C35H37FN8O5S. The number of methoxy groups -OCH3 is 1. The van der Waals surface area contributed by atoms with Crippen LogP contribution in [0.15, 0.2) is 46.4 Å². The zero-order valence-corrected chi connectivity index (χ0v) is 28.7. The van der Waals surface area contributed by atoms with Gasteiger partial charge in [0.25, 0.3) is 0 Å². The average molecular weight is 701 g/mol. The molecule has 2 aromatic heterocycles. The summed E-state index contributed by atoms with van der Waals surface area (Å²) in [6.45, 7) is 6.57. The summed E-state index contributed by atoms with van der Waals surface area (Å²) in [4.78, 5) is 46.6. The van der Waals surface area contributed by atoms with Gasteiger partial charge in [-0.3, -0.25) is 19.2 Å². The molecule has 1 saturated heterocycles. The molecule has 15 heteroatoms. The maximum Gasteiger partial charge on any atom is 0.341 e. The van der Waals surface area contributed by atoms with Gasteiger partial charge < -0.3 is 25.0 Å². The van der Waals surface area contributed by atoms with E-state index >= 15 is 4.39 Å². The van der Waals surface area contributed by atoms with Crippen molar-refractivity contribution in [3.8, 4) is 5.75 Å². The van der Waals surface area contributed by atoms with E-state index < -0.39 is 17.2 Å². The molecule has 2 aromatic carbocycles. The van der Waals surface area contributed by atoms with E-state index in [-0.39, 0.29) is 51.3 Å². The van der Waals surface area contributed by atoms with Crippen LogP contribution in [-0.2, 0) is 17.9 Å². The van der Waals surface area contributed by atoms with Crippen molar-refractivity contribution in [3.05, 3.63) is 80.6 Å². The quantitative estimate of drug-likeness (QED) is 0.246. The molecule has 2 unspecified atom stereocenters. The maximum absolute atomic E-state index is 15.9. The van der Waals surface area contributed by atoms with Crippen LogP contribution in [0.3, 0.4) is 0 Å². The van der Waals surface area contributed by atoms with Crippen LogP contribution >= 0.6 is 12.2 Å². The second-order valence-corrected chi connectivity index (χ2v) is 13.7. The number of ether oxygens (including phenoxy) is 1. The molecule has 260 valence electrons. The zero-order chi connectivity index (χ0) is 35.4. The molecule has 2 atom stereocenters. The molecular weight excluding hydrogens is 664 g/mol. The lowest BCUT2D eigenvalue weighted by molar-refractivity contribution is -0.114. The fourth-order valence-electron chi connectivity index (χ4n) is 7.28. The maximum atomic E-state index is 15.9. The number of carbonyl (C=O) groups is 2. The van der Waals surface area contributed by atoms with E-state index in [2.05, 4.69) is 27.1 Å². The van der Waals surface area contributed by atoms with E-state index in [9.17, 15) is 19.5 Å². The van der Waals surface area contributed by atoms with Gasteiger partial charge in [-0.05, 0) is 63.0 Å². The van der Waals surface area contributed by atoms with Gasteiger partial charge in [0, 0.05) is 62.8 Å². The molecule has 0 spiro atoms. The zero-order valence-electron chi connectivity index (χ0n) is 27.9. The number of piperazine rings is 1. The molecule has 13 nitrogen and oxygen atoms in total. The first-order valence-corrected chi connectivity index (χ1v) is 17.0. The highest BCUT2D eigenvalue weighted by Crippen LogP contribution is 2.44. The number of nitrogens with two attached hydrogens (primary N) is 1. The highest BCUT2D eigenvalue weighted by molar-refractivity contribution is 7.80. The van der Waals surface area contributed by atoms with Crippen molar-refractivity contribution in [2.24, 2.45) is 10.7 Å². The summed E-state index contributed by atoms with van der Waals surface area (Å²) >= 11 is 4.96. The van der Waals surface area contributed by atoms with E-state index in [4.69, 9.17) is 22.7 Å². The molecule has 1 saturated carbocycles. The minimum absolute atomic E-state index is 0.00360. The van der Waals surface area contributed by atoms with Crippen molar-refractivity contribution in [3.63, 3.8) is 0 Å². The normalized spacial score (nSPS) is 20.1. The first kappa shape index (κ1) is 33.5. The predicted octanol–water partition coefficient (Wildman–Crippen LogP) is 3.58. The summed E-state index contributed by atoms with van der Waals surface area (Å²) in [7, 11) is 1.44. The Balaban J connectivity index is 1.05. The second-order valence-electron chi connectivity index (χ2n) is 13.3. The SMILES string of the molecule is COc1c(N2CCN(Cc3cn(CCC4C(=O)C(=NC(N)=S)c5cc(C)ccc54)nn3)C(C)C2)c(F)cc2c(=O)c(C(=O)O)cn(C3CC3)c12. The van der Waals surface area contributed by atoms with Gasteiger partial charge in [-0.2, -0.15) is 0 Å².